The molecule has 2 heterocycles. The summed E-state index contributed by atoms with van der Waals surface area (Å²) in [6, 6.07) is 8.10. The summed E-state index contributed by atoms with van der Waals surface area (Å²) >= 11 is 1.29. The van der Waals surface area contributed by atoms with E-state index in [1.165, 1.54) is 11.8 Å². The molecule has 3 rings (SSSR count). The number of hydrogen-bond acceptors (Lipinski definition) is 6. The number of carbonyl (C=O) groups excluding carboxylic acids is 3. The van der Waals surface area contributed by atoms with Crippen molar-refractivity contribution in [1.29, 1.82) is 0 Å². The lowest BCUT2D eigenvalue weighted by Crippen LogP contribution is -2.44. The summed E-state index contributed by atoms with van der Waals surface area (Å²) in [5.74, 6) is 0.964. The number of likely N-dealkylation sites (tertiary alicyclic amines) is 1. The first kappa shape index (κ1) is 23.4. The van der Waals surface area contributed by atoms with Crippen molar-refractivity contribution in [3.8, 4) is 0 Å². The van der Waals surface area contributed by atoms with Gasteiger partial charge in [-0.2, -0.15) is 0 Å². The van der Waals surface area contributed by atoms with Crippen LogP contribution in [0.2, 0.25) is 0 Å². The molecule has 0 radical (unpaired) electrons. The summed E-state index contributed by atoms with van der Waals surface area (Å²) < 4.78 is 5.47. The molecule has 0 bridgehead atoms. The minimum absolute atomic E-state index is 0.0886. The molecule has 2 fully saturated rings. The normalized spacial score (nSPS) is 20.1. The summed E-state index contributed by atoms with van der Waals surface area (Å²) in [5, 5.41) is 3.68. The number of anilines is 2. The first-order chi connectivity index (χ1) is 14.6. The van der Waals surface area contributed by atoms with Gasteiger partial charge in [0, 0.05) is 44.8 Å². The van der Waals surface area contributed by atoms with Gasteiger partial charge in [-0.05, 0) is 51.7 Å². The number of thioether (sulfide) groups is 1. The van der Waals surface area contributed by atoms with E-state index < -0.39 is 5.60 Å². The summed E-state index contributed by atoms with van der Waals surface area (Å²) in [7, 11) is 0. The highest BCUT2D eigenvalue weighted by atomic mass is 32.2. The van der Waals surface area contributed by atoms with Crippen LogP contribution in [0.25, 0.3) is 0 Å². The quantitative estimate of drug-likeness (QED) is 0.731. The van der Waals surface area contributed by atoms with E-state index in [0.717, 1.165) is 24.2 Å². The molecule has 2 saturated heterocycles. The lowest BCUT2D eigenvalue weighted by molar-refractivity contribution is -0.117. The third kappa shape index (κ3) is 6.63. The first-order valence-electron chi connectivity index (χ1n) is 10.9. The largest absolute Gasteiger partial charge is 0.444 e. The summed E-state index contributed by atoms with van der Waals surface area (Å²) in [4.78, 5) is 39.8. The Labute approximate surface area is 188 Å². The lowest BCUT2D eigenvalue weighted by Gasteiger charge is -2.34. The zero-order chi connectivity index (χ0) is 22.6. The molecule has 1 N–H and O–H groups in total. The number of carbonyl (C=O) groups is 3. The number of para-hydroxylation sites is 2. The number of ether oxygens (including phenoxy) is 1. The van der Waals surface area contributed by atoms with Gasteiger partial charge in [-0.1, -0.05) is 23.9 Å². The average Bonchev–Trinajstić information content (AvgIpc) is 3.06. The van der Waals surface area contributed by atoms with Gasteiger partial charge in [0.1, 0.15) is 5.60 Å². The zero-order valence-corrected chi connectivity index (χ0v) is 19.7. The Bertz CT molecular complexity index is 815. The second-order valence-corrected chi connectivity index (χ2v) is 10.5. The second kappa shape index (κ2) is 9.94. The highest BCUT2D eigenvalue weighted by molar-refractivity contribution is 8.13. The van der Waals surface area contributed by atoms with Crippen LogP contribution in [0.5, 0.6) is 0 Å². The third-order valence-electron chi connectivity index (χ3n) is 5.43. The topological polar surface area (TPSA) is 79.0 Å². The van der Waals surface area contributed by atoms with Gasteiger partial charge >= 0.3 is 6.09 Å². The average molecular weight is 448 g/mol. The van der Waals surface area contributed by atoms with Crippen LogP contribution in [0.1, 0.15) is 47.0 Å². The molecule has 7 nitrogen and oxygen atoms in total. The molecule has 2 aliphatic heterocycles. The fraction of sp³-hybridized carbons (Fsp3) is 0.609. The number of nitrogens with zero attached hydrogens (tertiary/aromatic N) is 2. The molecule has 0 aliphatic carbocycles. The molecular formula is C23H33N3O4S. The Morgan fingerprint density at radius 2 is 1.87 bits per heavy atom. The molecule has 31 heavy (non-hydrogen) atoms. The molecule has 1 aromatic carbocycles. The molecule has 2 aliphatic rings. The smallest absolute Gasteiger partial charge is 0.410 e. The van der Waals surface area contributed by atoms with Crippen LogP contribution in [-0.4, -0.2) is 59.0 Å². The van der Waals surface area contributed by atoms with Crippen LogP contribution in [0.3, 0.4) is 0 Å². The minimum Gasteiger partial charge on any atom is -0.444 e. The molecule has 1 atom stereocenters. The van der Waals surface area contributed by atoms with Gasteiger partial charge in [-0.3, -0.25) is 9.59 Å². The Kier molecular flexibility index (Phi) is 7.51. The zero-order valence-electron chi connectivity index (χ0n) is 18.8. The van der Waals surface area contributed by atoms with Crippen molar-refractivity contribution in [3.05, 3.63) is 24.3 Å². The Hall–Kier alpha value is -2.22. The van der Waals surface area contributed by atoms with Gasteiger partial charge in [0.15, 0.2) is 5.12 Å². The van der Waals surface area contributed by atoms with Crippen molar-refractivity contribution < 1.29 is 19.1 Å². The van der Waals surface area contributed by atoms with E-state index in [-0.39, 0.29) is 29.1 Å². The van der Waals surface area contributed by atoms with E-state index in [1.54, 1.807) is 11.8 Å². The predicted octanol–water partition coefficient (Wildman–Crippen LogP) is 4.13. The molecule has 1 unspecified atom stereocenters. The van der Waals surface area contributed by atoms with Crippen molar-refractivity contribution in [2.24, 2.45) is 5.92 Å². The van der Waals surface area contributed by atoms with E-state index in [0.29, 0.717) is 31.8 Å². The molecule has 0 saturated carbocycles. The summed E-state index contributed by atoms with van der Waals surface area (Å²) in [6.45, 7) is 9.10. The fourth-order valence-corrected chi connectivity index (χ4v) is 4.64. The van der Waals surface area contributed by atoms with Crippen LogP contribution in [-0.2, 0) is 14.3 Å². The van der Waals surface area contributed by atoms with Crippen LogP contribution in [0.15, 0.2) is 24.3 Å². The van der Waals surface area contributed by atoms with Crippen molar-refractivity contribution in [2.75, 3.05) is 35.6 Å². The van der Waals surface area contributed by atoms with Crippen molar-refractivity contribution >= 4 is 40.3 Å². The SMILES string of the molecule is CC(=O)SCC1CC(=O)N(c2ccccc2NC2CCN(C(=O)OC(C)(C)C)CC2)C1. The van der Waals surface area contributed by atoms with E-state index >= 15 is 0 Å². The van der Waals surface area contributed by atoms with Crippen molar-refractivity contribution in [2.45, 2.75) is 58.6 Å². The van der Waals surface area contributed by atoms with Crippen molar-refractivity contribution in [1.82, 2.24) is 4.90 Å². The van der Waals surface area contributed by atoms with Crippen LogP contribution in [0, 0.1) is 5.92 Å². The van der Waals surface area contributed by atoms with Crippen LogP contribution in [0.4, 0.5) is 16.2 Å². The molecule has 1 aromatic rings. The van der Waals surface area contributed by atoms with Gasteiger partial charge in [-0.25, -0.2) is 4.79 Å². The van der Waals surface area contributed by atoms with Crippen LogP contribution < -0.4 is 10.2 Å². The van der Waals surface area contributed by atoms with Gasteiger partial charge in [-0.15, -0.1) is 0 Å². The number of amides is 2. The number of benzene rings is 1. The van der Waals surface area contributed by atoms with Gasteiger partial charge in [0.2, 0.25) is 5.91 Å². The molecule has 8 heteroatoms. The Morgan fingerprint density at radius 3 is 2.52 bits per heavy atom. The first-order valence-corrected chi connectivity index (χ1v) is 11.9. The van der Waals surface area contributed by atoms with Gasteiger partial charge in [0.05, 0.1) is 11.4 Å². The molecular weight excluding hydrogens is 414 g/mol. The number of nitrogens with one attached hydrogen (secondary N) is 1. The molecule has 0 aromatic heterocycles. The summed E-state index contributed by atoms with van der Waals surface area (Å²) in [5.41, 5.74) is 1.33. The van der Waals surface area contributed by atoms with E-state index in [9.17, 15) is 14.4 Å². The van der Waals surface area contributed by atoms with Gasteiger partial charge in [0.25, 0.3) is 0 Å². The maximum atomic E-state index is 12.7. The Morgan fingerprint density at radius 1 is 1.19 bits per heavy atom. The number of piperidine rings is 1. The van der Waals surface area contributed by atoms with E-state index in [2.05, 4.69) is 5.32 Å². The number of rotatable bonds is 5. The number of hydrogen-bond donors (Lipinski definition) is 1. The third-order valence-corrected chi connectivity index (χ3v) is 6.47. The fourth-order valence-electron chi connectivity index (χ4n) is 3.95. The highest BCUT2D eigenvalue weighted by Gasteiger charge is 2.33. The van der Waals surface area contributed by atoms with E-state index in [4.69, 9.17) is 4.74 Å². The molecule has 170 valence electrons. The standard InChI is InChI=1S/C23H33N3O4S/c1-16(27)31-15-17-13-21(28)26(14-17)20-8-6-5-7-19(20)24-18-9-11-25(12-10-18)22(29)30-23(2,3)4/h5-8,17-18,24H,9-15H2,1-4H3. The second-order valence-electron chi connectivity index (χ2n) is 9.28. The molecule has 0 spiro atoms. The maximum absolute atomic E-state index is 12.7. The lowest BCUT2D eigenvalue weighted by atomic mass is 10.0. The Balaban J connectivity index is 1.59. The van der Waals surface area contributed by atoms with Gasteiger partial charge < -0.3 is 19.9 Å². The predicted molar refractivity (Wildman–Crippen MR) is 124 cm³/mol. The van der Waals surface area contributed by atoms with E-state index in [1.807, 2.05) is 49.9 Å². The molecule has 2 amide bonds. The summed E-state index contributed by atoms with van der Waals surface area (Å²) in [6.07, 6.45) is 1.85. The monoisotopic (exact) mass is 447 g/mol. The van der Waals surface area contributed by atoms with Crippen LogP contribution >= 0.6 is 11.8 Å². The highest BCUT2D eigenvalue weighted by Crippen LogP contribution is 2.33. The maximum Gasteiger partial charge on any atom is 0.410 e. The minimum atomic E-state index is -0.492. The van der Waals surface area contributed by atoms with Crippen molar-refractivity contribution in [3.63, 3.8) is 0 Å².